The summed E-state index contributed by atoms with van der Waals surface area (Å²) in [5.74, 6) is 0.904. The Balaban J connectivity index is 2.41. The molecule has 3 nitrogen and oxygen atoms in total. The maximum Gasteiger partial charge on any atom is 0.143 e. The molecule has 0 aromatic carbocycles. The van der Waals surface area contributed by atoms with Gasteiger partial charge in [0.2, 0.25) is 0 Å². The van der Waals surface area contributed by atoms with Crippen LogP contribution in [0.2, 0.25) is 0 Å². The molecule has 0 atom stereocenters. The van der Waals surface area contributed by atoms with Crippen molar-refractivity contribution in [1.82, 2.24) is 9.55 Å². The lowest BCUT2D eigenvalue weighted by atomic mass is 10.2. The number of aryl methyl sites for hydroxylation is 1. The number of nitrogens with zero attached hydrogens (tertiary/aromatic N) is 2. The van der Waals surface area contributed by atoms with Gasteiger partial charge < -0.3 is 9.88 Å². The SMILES string of the molecule is C=C(/C=C\C)CCn1cnc(NC)c1. The summed E-state index contributed by atoms with van der Waals surface area (Å²) in [6.45, 7) is 6.88. The van der Waals surface area contributed by atoms with Crippen LogP contribution in [0.25, 0.3) is 0 Å². The zero-order chi connectivity index (χ0) is 10.4. The van der Waals surface area contributed by atoms with Crippen LogP contribution in [-0.2, 0) is 6.54 Å². The van der Waals surface area contributed by atoms with Crippen LogP contribution in [0.3, 0.4) is 0 Å². The number of hydrogen-bond acceptors (Lipinski definition) is 2. The minimum atomic E-state index is 0.904. The van der Waals surface area contributed by atoms with Crippen molar-refractivity contribution in [1.29, 1.82) is 0 Å². The summed E-state index contributed by atoms with van der Waals surface area (Å²) in [6, 6.07) is 0. The van der Waals surface area contributed by atoms with Crippen LogP contribution in [0.1, 0.15) is 13.3 Å². The summed E-state index contributed by atoms with van der Waals surface area (Å²) in [6.07, 6.45) is 8.83. The maximum absolute atomic E-state index is 4.16. The van der Waals surface area contributed by atoms with Crippen LogP contribution in [0, 0.1) is 0 Å². The molecule has 0 fully saturated rings. The molecule has 0 radical (unpaired) electrons. The van der Waals surface area contributed by atoms with Crippen molar-refractivity contribution in [2.45, 2.75) is 19.9 Å². The number of imidazole rings is 1. The van der Waals surface area contributed by atoms with Gasteiger partial charge in [0.05, 0.1) is 6.33 Å². The van der Waals surface area contributed by atoms with Gasteiger partial charge in [-0.15, -0.1) is 0 Å². The monoisotopic (exact) mass is 191 g/mol. The molecule has 1 rings (SSSR count). The quantitative estimate of drug-likeness (QED) is 0.724. The van der Waals surface area contributed by atoms with Gasteiger partial charge in [-0.1, -0.05) is 24.3 Å². The van der Waals surface area contributed by atoms with E-state index in [2.05, 4.69) is 21.4 Å². The largest absolute Gasteiger partial charge is 0.372 e. The highest BCUT2D eigenvalue weighted by Gasteiger charge is 1.95. The summed E-state index contributed by atoms with van der Waals surface area (Å²) in [5, 5.41) is 2.99. The van der Waals surface area contributed by atoms with Crippen LogP contribution in [0.4, 0.5) is 5.82 Å². The highest BCUT2D eigenvalue weighted by atomic mass is 15.1. The van der Waals surface area contributed by atoms with Gasteiger partial charge in [-0.05, 0) is 13.3 Å². The fourth-order valence-corrected chi connectivity index (χ4v) is 1.20. The Kier molecular flexibility index (Phi) is 3.98. The minimum Gasteiger partial charge on any atom is -0.372 e. The van der Waals surface area contributed by atoms with E-state index in [1.165, 1.54) is 0 Å². The van der Waals surface area contributed by atoms with E-state index in [9.17, 15) is 0 Å². The molecule has 0 spiro atoms. The molecule has 0 amide bonds. The molecular formula is C11H17N3. The van der Waals surface area contributed by atoms with Crippen molar-refractivity contribution < 1.29 is 0 Å². The third-order valence-corrected chi connectivity index (χ3v) is 1.98. The molecule has 0 aliphatic rings. The molecule has 1 aromatic heterocycles. The molecule has 0 aliphatic heterocycles. The van der Waals surface area contributed by atoms with E-state index in [1.54, 1.807) is 0 Å². The first-order valence-electron chi connectivity index (χ1n) is 4.76. The van der Waals surface area contributed by atoms with Crippen molar-refractivity contribution in [3.63, 3.8) is 0 Å². The highest BCUT2D eigenvalue weighted by molar-refractivity contribution is 5.29. The van der Waals surface area contributed by atoms with Crippen molar-refractivity contribution >= 4 is 5.82 Å². The second-order valence-corrected chi connectivity index (χ2v) is 3.15. The number of anilines is 1. The Morgan fingerprint density at radius 2 is 2.50 bits per heavy atom. The van der Waals surface area contributed by atoms with Gasteiger partial charge in [-0.3, -0.25) is 0 Å². The lowest BCUT2D eigenvalue weighted by Gasteiger charge is -2.01. The van der Waals surface area contributed by atoms with Crippen LogP contribution in [0.5, 0.6) is 0 Å². The summed E-state index contributed by atoms with van der Waals surface area (Å²) >= 11 is 0. The highest BCUT2D eigenvalue weighted by Crippen LogP contribution is 2.06. The van der Waals surface area contributed by atoms with Gasteiger partial charge >= 0.3 is 0 Å². The van der Waals surface area contributed by atoms with E-state index < -0.39 is 0 Å². The predicted molar refractivity (Wildman–Crippen MR) is 60.3 cm³/mol. The molecule has 3 heteroatoms. The third kappa shape index (κ3) is 3.09. The number of hydrogen-bond donors (Lipinski definition) is 1. The van der Waals surface area contributed by atoms with Crippen LogP contribution in [-0.4, -0.2) is 16.6 Å². The smallest absolute Gasteiger partial charge is 0.143 e. The topological polar surface area (TPSA) is 29.9 Å². The van der Waals surface area contributed by atoms with Gasteiger partial charge in [0.1, 0.15) is 5.82 Å². The van der Waals surface area contributed by atoms with E-state index in [0.29, 0.717) is 0 Å². The second kappa shape index (κ2) is 5.27. The van der Waals surface area contributed by atoms with Gasteiger partial charge in [0.15, 0.2) is 0 Å². The zero-order valence-electron chi connectivity index (χ0n) is 8.83. The maximum atomic E-state index is 4.16. The fourth-order valence-electron chi connectivity index (χ4n) is 1.20. The number of allylic oxidation sites excluding steroid dienone is 3. The summed E-state index contributed by atoms with van der Waals surface area (Å²) in [4.78, 5) is 4.16. The molecule has 0 unspecified atom stereocenters. The second-order valence-electron chi connectivity index (χ2n) is 3.15. The molecule has 0 saturated heterocycles. The van der Waals surface area contributed by atoms with E-state index in [-0.39, 0.29) is 0 Å². The zero-order valence-corrected chi connectivity index (χ0v) is 8.83. The van der Waals surface area contributed by atoms with Crippen LogP contribution in [0.15, 0.2) is 36.8 Å². The molecule has 1 N–H and O–H groups in total. The third-order valence-electron chi connectivity index (χ3n) is 1.98. The van der Waals surface area contributed by atoms with Crippen molar-refractivity contribution in [3.8, 4) is 0 Å². The molecule has 14 heavy (non-hydrogen) atoms. The Labute approximate surface area is 85.2 Å². The fraction of sp³-hybridized carbons (Fsp3) is 0.364. The number of aromatic nitrogens is 2. The average Bonchev–Trinajstić information content (AvgIpc) is 2.63. The van der Waals surface area contributed by atoms with Gasteiger partial charge in [-0.2, -0.15) is 0 Å². The molecule has 0 bridgehead atoms. The average molecular weight is 191 g/mol. The lowest BCUT2D eigenvalue weighted by Crippen LogP contribution is -1.95. The van der Waals surface area contributed by atoms with Crippen molar-refractivity contribution in [3.05, 3.63) is 36.8 Å². The Morgan fingerprint density at radius 1 is 1.71 bits per heavy atom. The van der Waals surface area contributed by atoms with E-state index in [0.717, 1.165) is 24.4 Å². The Hall–Kier alpha value is -1.51. The molecular weight excluding hydrogens is 174 g/mol. The van der Waals surface area contributed by atoms with E-state index >= 15 is 0 Å². The lowest BCUT2D eigenvalue weighted by molar-refractivity contribution is 0.699. The number of nitrogens with one attached hydrogen (secondary N) is 1. The predicted octanol–water partition coefficient (Wildman–Crippen LogP) is 2.45. The van der Waals surface area contributed by atoms with Gasteiger partial charge in [0.25, 0.3) is 0 Å². The Bertz CT molecular complexity index is 323. The molecule has 1 heterocycles. The first-order valence-corrected chi connectivity index (χ1v) is 4.76. The van der Waals surface area contributed by atoms with E-state index in [1.807, 2.05) is 38.6 Å². The summed E-state index contributed by atoms with van der Waals surface area (Å²) < 4.78 is 2.06. The van der Waals surface area contributed by atoms with Crippen LogP contribution >= 0.6 is 0 Å². The molecule has 76 valence electrons. The van der Waals surface area contributed by atoms with Gasteiger partial charge in [-0.25, -0.2) is 4.98 Å². The molecule has 0 aliphatic carbocycles. The molecule has 1 aromatic rings. The molecule has 0 saturated carbocycles. The minimum absolute atomic E-state index is 0.904. The van der Waals surface area contributed by atoms with Crippen molar-refractivity contribution in [2.75, 3.05) is 12.4 Å². The standard InChI is InChI=1S/C11H17N3/c1-4-5-10(2)6-7-14-8-11(12-3)13-9-14/h4-5,8-9,12H,2,6-7H2,1,3H3/b5-4-. The normalized spacial score (nSPS) is 10.7. The van der Waals surface area contributed by atoms with Gasteiger partial charge in [0, 0.05) is 19.8 Å². The first kappa shape index (κ1) is 10.6. The summed E-state index contributed by atoms with van der Waals surface area (Å²) in [7, 11) is 1.87. The number of rotatable bonds is 5. The van der Waals surface area contributed by atoms with Crippen molar-refractivity contribution in [2.24, 2.45) is 0 Å². The van der Waals surface area contributed by atoms with Crippen LogP contribution < -0.4 is 5.32 Å². The summed E-state index contributed by atoms with van der Waals surface area (Å²) in [5.41, 5.74) is 1.15. The van der Waals surface area contributed by atoms with E-state index in [4.69, 9.17) is 0 Å². The Morgan fingerprint density at radius 3 is 3.07 bits per heavy atom. The first-order chi connectivity index (χ1) is 6.76.